The molecule has 6 heteroatoms. The van der Waals surface area contributed by atoms with Gasteiger partial charge >= 0.3 is 0 Å². The van der Waals surface area contributed by atoms with Crippen LogP contribution in [0.5, 0.6) is 0 Å². The van der Waals surface area contributed by atoms with Gasteiger partial charge in [0.05, 0.1) is 11.1 Å². The molecule has 2 rings (SSSR count). The van der Waals surface area contributed by atoms with Crippen LogP contribution in [-0.2, 0) is 15.4 Å². The predicted molar refractivity (Wildman–Crippen MR) is 74.5 cm³/mol. The maximum Gasteiger partial charge on any atom is 0.263 e. The van der Waals surface area contributed by atoms with Crippen molar-refractivity contribution in [3.8, 4) is 0 Å². The average Bonchev–Trinajstić information content (AvgIpc) is 2.80. The van der Waals surface area contributed by atoms with Crippen LogP contribution in [0.2, 0.25) is 0 Å². The molecule has 19 heavy (non-hydrogen) atoms. The Morgan fingerprint density at radius 2 is 1.74 bits per heavy atom. The SMILES string of the molecule is CC(C)(C)c1ccc(S(=O)(=O)Nc2ccn[nH]2)cc1. The molecular formula is C13H17N3O2S. The highest BCUT2D eigenvalue weighted by Gasteiger charge is 2.17. The summed E-state index contributed by atoms with van der Waals surface area (Å²) in [7, 11) is -3.57. The summed E-state index contributed by atoms with van der Waals surface area (Å²) in [6.45, 7) is 6.25. The molecule has 0 radical (unpaired) electrons. The van der Waals surface area contributed by atoms with Crippen LogP contribution < -0.4 is 4.72 Å². The van der Waals surface area contributed by atoms with Gasteiger partial charge in [0.15, 0.2) is 0 Å². The molecule has 102 valence electrons. The Morgan fingerprint density at radius 1 is 1.11 bits per heavy atom. The number of anilines is 1. The summed E-state index contributed by atoms with van der Waals surface area (Å²) < 4.78 is 26.6. The van der Waals surface area contributed by atoms with Crippen LogP contribution in [0.1, 0.15) is 26.3 Å². The maximum absolute atomic E-state index is 12.1. The van der Waals surface area contributed by atoms with Crippen molar-refractivity contribution in [2.24, 2.45) is 0 Å². The van der Waals surface area contributed by atoms with Gasteiger partial charge in [-0.05, 0) is 23.1 Å². The van der Waals surface area contributed by atoms with Gasteiger partial charge in [0, 0.05) is 6.07 Å². The second kappa shape index (κ2) is 4.70. The lowest BCUT2D eigenvalue weighted by Gasteiger charge is -2.19. The summed E-state index contributed by atoms with van der Waals surface area (Å²) in [4.78, 5) is 0.232. The predicted octanol–water partition coefficient (Wildman–Crippen LogP) is 2.51. The summed E-state index contributed by atoms with van der Waals surface area (Å²) in [5.41, 5.74) is 1.09. The fourth-order valence-electron chi connectivity index (χ4n) is 1.65. The Kier molecular flexibility index (Phi) is 3.36. The van der Waals surface area contributed by atoms with Crippen molar-refractivity contribution in [2.45, 2.75) is 31.1 Å². The molecule has 0 bridgehead atoms. The normalized spacial score (nSPS) is 12.4. The minimum absolute atomic E-state index is 0.000897. The largest absolute Gasteiger partial charge is 0.264 e. The lowest BCUT2D eigenvalue weighted by molar-refractivity contribution is 0.587. The first-order chi connectivity index (χ1) is 8.79. The van der Waals surface area contributed by atoms with E-state index < -0.39 is 10.0 Å². The second-order valence-electron chi connectivity index (χ2n) is 5.35. The van der Waals surface area contributed by atoms with Gasteiger partial charge in [0.2, 0.25) is 0 Å². The fraction of sp³-hybridized carbons (Fsp3) is 0.308. The highest BCUT2D eigenvalue weighted by molar-refractivity contribution is 7.92. The van der Waals surface area contributed by atoms with Crippen molar-refractivity contribution in [3.05, 3.63) is 42.1 Å². The van der Waals surface area contributed by atoms with Crippen LogP contribution >= 0.6 is 0 Å². The molecule has 0 aliphatic rings. The minimum atomic E-state index is -3.57. The number of rotatable bonds is 3. The molecule has 0 spiro atoms. The zero-order valence-electron chi connectivity index (χ0n) is 11.1. The molecule has 1 aromatic heterocycles. The average molecular weight is 279 g/mol. The van der Waals surface area contributed by atoms with E-state index in [4.69, 9.17) is 0 Å². The van der Waals surface area contributed by atoms with E-state index in [1.807, 2.05) is 12.1 Å². The van der Waals surface area contributed by atoms with Crippen LogP contribution in [0, 0.1) is 0 Å². The minimum Gasteiger partial charge on any atom is -0.264 e. The Morgan fingerprint density at radius 3 is 2.21 bits per heavy atom. The number of aromatic amines is 1. The van der Waals surface area contributed by atoms with E-state index in [0.29, 0.717) is 5.82 Å². The van der Waals surface area contributed by atoms with Crippen molar-refractivity contribution in [1.82, 2.24) is 10.2 Å². The first-order valence-corrected chi connectivity index (χ1v) is 7.40. The molecule has 0 saturated heterocycles. The first kappa shape index (κ1) is 13.6. The number of sulfonamides is 1. The number of nitrogens with zero attached hydrogens (tertiary/aromatic N) is 1. The van der Waals surface area contributed by atoms with E-state index >= 15 is 0 Å². The van der Waals surface area contributed by atoms with Gasteiger partial charge in [-0.1, -0.05) is 32.9 Å². The van der Waals surface area contributed by atoms with Gasteiger partial charge in [-0.2, -0.15) is 5.10 Å². The summed E-state index contributed by atoms with van der Waals surface area (Å²) in [6.07, 6.45) is 1.49. The van der Waals surface area contributed by atoms with E-state index in [1.165, 1.54) is 6.20 Å². The van der Waals surface area contributed by atoms with E-state index in [1.54, 1.807) is 18.2 Å². The van der Waals surface area contributed by atoms with Crippen LogP contribution in [-0.4, -0.2) is 18.6 Å². The van der Waals surface area contributed by atoms with Gasteiger partial charge in [0.25, 0.3) is 10.0 Å². The van der Waals surface area contributed by atoms with E-state index in [9.17, 15) is 8.42 Å². The van der Waals surface area contributed by atoms with Gasteiger partial charge in [-0.15, -0.1) is 0 Å². The second-order valence-corrected chi connectivity index (χ2v) is 7.03. The topological polar surface area (TPSA) is 74.8 Å². The molecule has 0 unspecified atom stereocenters. The lowest BCUT2D eigenvalue weighted by atomic mass is 9.87. The van der Waals surface area contributed by atoms with Gasteiger partial charge < -0.3 is 0 Å². The number of hydrogen-bond donors (Lipinski definition) is 2. The van der Waals surface area contributed by atoms with E-state index in [2.05, 4.69) is 35.7 Å². The van der Waals surface area contributed by atoms with Crippen LogP contribution in [0.15, 0.2) is 41.4 Å². The van der Waals surface area contributed by atoms with Crippen molar-refractivity contribution in [2.75, 3.05) is 4.72 Å². The smallest absolute Gasteiger partial charge is 0.263 e. The summed E-state index contributed by atoms with van der Waals surface area (Å²) in [6, 6.07) is 8.45. The molecule has 0 saturated carbocycles. The Labute approximate surface area is 113 Å². The molecular weight excluding hydrogens is 262 g/mol. The summed E-state index contributed by atoms with van der Waals surface area (Å²) >= 11 is 0. The van der Waals surface area contributed by atoms with Gasteiger partial charge in [-0.25, -0.2) is 8.42 Å². The number of aromatic nitrogens is 2. The first-order valence-electron chi connectivity index (χ1n) is 5.92. The van der Waals surface area contributed by atoms with Crippen molar-refractivity contribution >= 4 is 15.8 Å². The quantitative estimate of drug-likeness (QED) is 0.906. The molecule has 0 aliphatic heterocycles. The van der Waals surface area contributed by atoms with E-state index in [0.717, 1.165) is 5.56 Å². The highest BCUT2D eigenvalue weighted by Crippen LogP contribution is 2.23. The molecule has 1 heterocycles. The monoisotopic (exact) mass is 279 g/mol. The molecule has 2 aromatic rings. The standard InChI is InChI=1S/C13H17N3O2S/c1-13(2,3)10-4-6-11(7-5-10)19(17,18)16-12-8-9-14-15-12/h4-9H,1-3H3,(H2,14,15,16). The molecule has 0 amide bonds. The van der Waals surface area contributed by atoms with Crippen LogP contribution in [0.4, 0.5) is 5.82 Å². The zero-order chi connectivity index (χ0) is 14.1. The van der Waals surface area contributed by atoms with Crippen molar-refractivity contribution in [1.29, 1.82) is 0 Å². The third kappa shape index (κ3) is 3.14. The molecule has 1 aromatic carbocycles. The number of H-pyrrole nitrogens is 1. The number of hydrogen-bond acceptors (Lipinski definition) is 3. The van der Waals surface area contributed by atoms with Crippen molar-refractivity contribution < 1.29 is 8.42 Å². The maximum atomic E-state index is 12.1. The Hall–Kier alpha value is -1.82. The molecule has 0 atom stereocenters. The third-order valence-electron chi connectivity index (χ3n) is 2.78. The number of nitrogens with one attached hydrogen (secondary N) is 2. The Balaban J connectivity index is 2.27. The van der Waals surface area contributed by atoms with Gasteiger partial charge in [-0.3, -0.25) is 9.82 Å². The fourth-order valence-corrected chi connectivity index (χ4v) is 2.67. The Bertz CT molecular complexity index is 638. The molecule has 2 N–H and O–H groups in total. The van der Waals surface area contributed by atoms with Crippen LogP contribution in [0.3, 0.4) is 0 Å². The van der Waals surface area contributed by atoms with E-state index in [-0.39, 0.29) is 10.3 Å². The van der Waals surface area contributed by atoms with Crippen LogP contribution in [0.25, 0.3) is 0 Å². The molecule has 5 nitrogen and oxygen atoms in total. The summed E-state index contributed by atoms with van der Waals surface area (Å²) in [5, 5.41) is 6.25. The zero-order valence-corrected chi connectivity index (χ0v) is 12.0. The highest BCUT2D eigenvalue weighted by atomic mass is 32.2. The third-order valence-corrected chi connectivity index (χ3v) is 4.16. The summed E-state index contributed by atoms with van der Waals surface area (Å²) in [5.74, 6) is 0.347. The number of benzene rings is 1. The lowest BCUT2D eigenvalue weighted by Crippen LogP contribution is -2.15. The molecule has 0 fully saturated rings. The molecule has 0 aliphatic carbocycles. The van der Waals surface area contributed by atoms with Gasteiger partial charge in [0.1, 0.15) is 5.82 Å². The van der Waals surface area contributed by atoms with Crippen molar-refractivity contribution in [3.63, 3.8) is 0 Å².